The molecule has 5 heteroatoms. The topological polar surface area (TPSA) is 58.6 Å². The Morgan fingerprint density at radius 3 is 3.06 bits per heavy atom. The molecule has 0 bridgehead atoms. The van der Waals surface area contributed by atoms with Gasteiger partial charge in [0.25, 0.3) is 5.91 Å². The summed E-state index contributed by atoms with van der Waals surface area (Å²) < 4.78 is 5.43. The molecule has 0 radical (unpaired) electrons. The molecule has 1 aromatic carbocycles. The number of rotatable bonds is 3. The minimum atomic E-state index is -0.269. The number of halogens is 1. The normalized spacial score (nSPS) is 23.0. The van der Waals surface area contributed by atoms with Crippen LogP contribution in [0.1, 0.15) is 23.7 Å². The van der Waals surface area contributed by atoms with E-state index >= 15 is 0 Å². The lowest BCUT2D eigenvalue weighted by Gasteiger charge is -2.15. The number of ether oxygens (including phenoxy) is 1. The third-order valence-electron chi connectivity index (χ3n) is 3.25. The third kappa shape index (κ3) is 2.94. The van der Waals surface area contributed by atoms with E-state index in [9.17, 15) is 9.90 Å². The summed E-state index contributed by atoms with van der Waals surface area (Å²) in [6.07, 6.45) is 1.12. The molecule has 1 fully saturated rings. The van der Waals surface area contributed by atoms with Crippen molar-refractivity contribution < 1.29 is 14.6 Å². The van der Waals surface area contributed by atoms with Crippen molar-refractivity contribution in [2.45, 2.75) is 19.4 Å². The molecule has 2 N–H and O–H groups in total. The summed E-state index contributed by atoms with van der Waals surface area (Å²) in [4.78, 5) is 11.9. The van der Waals surface area contributed by atoms with Crippen LogP contribution in [-0.4, -0.2) is 30.3 Å². The van der Waals surface area contributed by atoms with Crippen LogP contribution < -0.4 is 5.32 Å². The highest BCUT2D eigenvalue weighted by Crippen LogP contribution is 2.22. The van der Waals surface area contributed by atoms with Crippen LogP contribution in [0.3, 0.4) is 0 Å². The van der Waals surface area contributed by atoms with Crippen molar-refractivity contribution in [3.63, 3.8) is 0 Å². The summed E-state index contributed by atoms with van der Waals surface area (Å²) in [5, 5.41) is 12.5. The predicted octanol–water partition coefficient (Wildman–Crippen LogP) is 2.20. The van der Waals surface area contributed by atoms with E-state index in [0.717, 1.165) is 13.0 Å². The van der Waals surface area contributed by atoms with E-state index in [0.29, 0.717) is 23.0 Å². The van der Waals surface area contributed by atoms with Gasteiger partial charge in [-0.25, -0.2) is 0 Å². The summed E-state index contributed by atoms with van der Waals surface area (Å²) >= 11 is 5.92. The number of aromatic hydroxyl groups is 1. The zero-order valence-electron chi connectivity index (χ0n) is 10.1. The van der Waals surface area contributed by atoms with E-state index in [1.807, 2.05) is 6.92 Å². The Balaban J connectivity index is 1.97. The van der Waals surface area contributed by atoms with Crippen LogP contribution in [0.4, 0.5) is 0 Å². The summed E-state index contributed by atoms with van der Waals surface area (Å²) in [6, 6.07) is 4.32. The van der Waals surface area contributed by atoms with Crippen molar-refractivity contribution in [2.75, 3.05) is 13.2 Å². The molecule has 0 spiro atoms. The predicted molar refractivity (Wildman–Crippen MR) is 69.0 cm³/mol. The van der Waals surface area contributed by atoms with E-state index in [1.54, 1.807) is 0 Å². The number of benzene rings is 1. The summed E-state index contributed by atoms with van der Waals surface area (Å²) in [6.45, 7) is 3.31. The second kappa shape index (κ2) is 5.59. The van der Waals surface area contributed by atoms with Gasteiger partial charge < -0.3 is 15.2 Å². The Labute approximate surface area is 111 Å². The van der Waals surface area contributed by atoms with E-state index in [4.69, 9.17) is 16.3 Å². The molecule has 2 atom stereocenters. The second-order valence-corrected chi connectivity index (χ2v) is 4.91. The van der Waals surface area contributed by atoms with E-state index in [1.165, 1.54) is 18.2 Å². The largest absolute Gasteiger partial charge is 0.508 e. The van der Waals surface area contributed by atoms with Gasteiger partial charge in [0.2, 0.25) is 0 Å². The van der Waals surface area contributed by atoms with E-state index in [2.05, 4.69) is 5.32 Å². The Bertz CT molecular complexity index is 450. The Morgan fingerprint density at radius 1 is 1.61 bits per heavy atom. The molecule has 4 nitrogen and oxygen atoms in total. The standard InChI is InChI=1S/C13H16ClNO3/c1-8-9(4-5-18-8)7-15-13(17)11-6-10(16)2-3-12(11)14/h2-3,6,8-9,16H,4-5,7H2,1H3,(H,15,17). The number of carbonyl (C=O) groups is 1. The third-order valence-corrected chi connectivity index (χ3v) is 3.58. The highest BCUT2D eigenvalue weighted by Gasteiger charge is 2.24. The highest BCUT2D eigenvalue weighted by molar-refractivity contribution is 6.33. The van der Waals surface area contributed by atoms with Crippen LogP contribution in [0, 0.1) is 5.92 Å². The fourth-order valence-electron chi connectivity index (χ4n) is 2.05. The number of carbonyl (C=O) groups excluding carboxylic acids is 1. The zero-order chi connectivity index (χ0) is 13.1. The Kier molecular flexibility index (Phi) is 4.09. The maximum atomic E-state index is 11.9. The fraction of sp³-hybridized carbons (Fsp3) is 0.462. The zero-order valence-corrected chi connectivity index (χ0v) is 10.9. The first-order chi connectivity index (χ1) is 8.58. The van der Waals surface area contributed by atoms with E-state index < -0.39 is 0 Å². The molecule has 1 aliphatic heterocycles. The number of hydrogen-bond donors (Lipinski definition) is 2. The van der Waals surface area contributed by atoms with Crippen molar-refractivity contribution >= 4 is 17.5 Å². The smallest absolute Gasteiger partial charge is 0.252 e. The van der Waals surface area contributed by atoms with Crippen LogP contribution in [0.2, 0.25) is 5.02 Å². The first-order valence-corrected chi connectivity index (χ1v) is 6.34. The van der Waals surface area contributed by atoms with Crippen molar-refractivity contribution in [3.8, 4) is 5.75 Å². The van der Waals surface area contributed by atoms with Gasteiger partial charge >= 0.3 is 0 Å². The average Bonchev–Trinajstić information content (AvgIpc) is 2.75. The van der Waals surface area contributed by atoms with Gasteiger partial charge in [0, 0.05) is 19.1 Å². The van der Waals surface area contributed by atoms with Gasteiger partial charge in [-0.05, 0) is 31.5 Å². The minimum Gasteiger partial charge on any atom is -0.508 e. The number of nitrogens with one attached hydrogen (secondary N) is 1. The van der Waals surface area contributed by atoms with Gasteiger partial charge in [-0.3, -0.25) is 4.79 Å². The Morgan fingerprint density at radius 2 is 2.39 bits per heavy atom. The van der Waals surface area contributed by atoms with Crippen LogP contribution in [0.25, 0.3) is 0 Å². The first kappa shape index (κ1) is 13.2. The van der Waals surface area contributed by atoms with Gasteiger partial charge in [-0.15, -0.1) is 0 Å². The number of phenols is 1. The molecule has 2 rings (SSSR count). The first-order valence-electron chi connectivity index (χ1n) is 5.96. The number of amides is 1. The van der Waals surface area contributed by atoms with Crippen molar-refractivity contribution in [1.82, 2.24) is 5.32 Å². The van der Waals surface area contributed by atoms with Crippen molar-refractivity contribution in [2.24, 2.45) is 5.92 Å². The minimum absolute atomic E-state index is 0.0297. The lowest BCUT2D eigenvalue weighted by atomic mass is 10.0. The molecule has 0 aliphatic carbocycles. The van der Waals surface area contributed by atoms with Gasteiger partial charge in [-0.1, -0.05) is 11.6 Å². The van der Waals surface area contributed by atoms with Crippen LogP contribution in [0.5, 0.6) is 5.75 Å². The van der Waals surface area contributed by atoms with Crippen LogP contribution in [0.15, 0.2) is 18.2 Å². The molecule has 1 heterocycles. The van der Waals surface area contributed by atoms with Crippen LogP contribution in [-0.2, 0) is 4.74 Å². The Hall–Kier alpha value is -1.26. The molecule has 18 heavy (non-hydrogen) atoms. The van der Waals surface area contributed by atoms with E-state index in [-0.39, 0.29) is 17.8 Å². The molecular formula is C13H16ClNO3. The molecule has 0 aromatic heterocycles. The molecule has 1 aromatic rings. The number of hydrogen-bond acceptors (Lipinski definition) is 3. The summed E-state index contributed by atoms with van der Waals surface area (Å²) in [5.74, 6) is 0.0992. The molecule has 1 saturated heterocycles. The van der Waals surface area contributed by atoms with Crippen molar-refractivity contribution in [3.05, 3.63) is 28.8 Å². The highest BCUT2D eigenvalue weighted by atomic mass is 35.5. The molecule has 2 unspecified atom stereocenters. The molecule has 1 amide bonds. The average molecular weight is 270 g/mol. The van der Waals surface area contributed by atoms with Gasteiger partial charge in [0.1, 0.15) is 5.75 Å². The number of phenolic OH excluding ortho intramolecular Hbond substituents is 1. The lowest BCUT2D eigenvalue weighted by Crippen LogP contribution is -2.32. The van der Waals surface area contributed by atoms with Crippen molar-refractivity contribution in [1.29, 1.82) is 0 Å². The lowest BCUT2D eigenvalue weighted by molar-refractivity contribution is 0.0907. The summed E-state index contributed by atoms with van der Waals surface area (Å²) in [7, 11) is 0. The maximum Gasteiger partial charge on any atom is 0.252 e. The quantitative estimate of drug-likeness (QED) is 0.884. The molecular weight excluding hydrogens is 254 g/mol. The SMILES string of the molecule is CC1OCCC1CNC(=O)c1cc(O)ccc1Cl. The van der Waals surface area contributed by atoms with Gasteiger partial charge in [-0.2, -0.15) is 0 Å². The monoisotopic (exact) mass is 269 g/mol. The second-order valence-electron chi connectivity index (χ2n) is 4.50. The fourth-order valence-corrected chi connectivity index (χ4v) is 2.25. The molecule has 98 valence electrons. The van der Waals surface area contributed by atoms with Gasteiger partial charge in [0.05, 0.1) is 16.7 Å². The maximum absolute atomic E-state index is 11.9. The molecule has 0 saturated carbocycles. The van der Waals surface area contributed by atoms with Crippen LogP contribution >= 0.6 is 11.6 Å². The summed E-state index contributed by atoms with van der Waals surface area (Å²) in [5.41, 5.74) is 0.295. The molecule has 1 aliphatic rings. The van der Waals surface area contributed by atoms with Gasteiger partial charge in [0.15, 0.2) is 0 Å².